The molecule has 0 aliphatic heterocycles. The average Bonchev–Trinajstić information content (AvgIpc) is 2.49. The molecule has 1 fully saturated rings. The van der Waals surface area contributed by atoms with Crippen LogP contribution in [0.4, 0.5) is 9.59 Å². The van der Waals surface area contributed by atoms with Crippen LogP contribution in [0.3, 0.4) is 0 Å². The van der Waals surface area contributed by atoms with Crippen molar-refractivity contribution in [2.75, 3.05) is 6.61 Å². The summed E-state index contributed by atoms with van der Waals surface area (Å²) in [4.78, 5) is 23.3. The van der Waals surface area contributed by atoms with Crippen molar-refractivity contribution in [1.29, 1.82) is 0 Å². The molecule has 0 heterocycles. The summed E-state index contributed by atoms with van der Waals surface area (Å²) < 4.78 is 20.7. The highest BCUT2D eigenvalue weighted by atomic mass is 16.7. The molecule has 0 amide bonds. The predicted octanol–water partition coefficient (Wildman–Crippen LogP) is 5.23. The number of carbonyl (C=O) groups excluding carboxylic acids is 2. The van der Waals surface area contributed by atoms with Crippen LogP contribution in [-0.2, 0) is 18.9 Å². The maximum atomic E-state index is 11.7. The average molecular weight is 358 g/mol. The van der Waals surface area contributed by atoms with Crippen LogP contribution in [0.25, 0.3) is 0 Å². The van der Waals surface area contributed by atoms with E-state index in [1.807, 2.05) is 0 Å². The molecular formula is C19H34O6. The van der Waals surface area contributed by atoms with Gasteiger partial charge in [-0.1, -0.05) is 33.1 Å². The van der Waals surface area contributed by atoms with Crippen molar-refractivity contribution in [2.24, 2.45) is 5.92 Å². The summed E-state index contributed by atoms with van der Waals surface area (Å²) in [6, 6.07) is 0. The van der Waals surface area contributed by atoms with E-state index in [-0.39, 0.29) is 18.3 Å². The monoisotopic (exact) mass is 358 g/mol. The molecule has 0 N–H and O–H groups in total. The first-order valence-corrected chi connectivity index (χ1v) is 9.57. The third-order valence-corrected chi connectivity index (χ3v) is 4.08. The molecule has 0 aromatic carbocycles. The topological polar surface area (TPSA) is 71.1 Å². The number of hydrogen-bond donors (Lipinski definition) is 0. The largest absolute Gasteiger partial charge is 0.508 e. The van der Waals surface area contributed by atoms with Crippen LogP contribution in [0.2, 0.25) is 0 Å². The van der Waals surface area contributed by atoms with E-state index in [9.17, 15) is 9.59 Å². The third kappa shape index (κ3) is 10.9. The van der Waals surface area contributed by atoms with E-state index in [1.165, 1.54) is 6.42 Å². The van der Waals surface area contributed by atoms with Gasteiger partial charge in [0.2, 0.25) is 0 Å². The summed E-state index contributed by atoms with van der Waals surface area (Å²) in [6.07, 6.45) is 5.11. The van der Waals surface area contributed by atoms with E-state index in [0.717, 1.165) is 38.5 Å². The number of carbonyl (C=O) groups is 2. The van der Waals surface area contributed by atoms with Gasteiger partial charge in [0.15, 0.2) is 0 Å². The predicted molar refractivity (Wildman–Crippen MR) is 94.5 cm³/mol. The second-order valence-electron chi connectivity index (χ2n) is 7.40. The Morgan fingerprint density at radius 2 is 1.56 bits per heavy atom. The molecule has 146 valence electrons. The summed E-state index contributed by atoms with van der Waals surface area (Å²) >= 11 is 0. The van der Waals surface area contributed by atoms with Crippen molar-refractivity contribution in [3.63, 3.8) is 0 Å². The van der Waals surface area contributed by atoms with Crippen molar-refractivity contribution in [3.05, 3.63) is 0 Å². The Bertz CT molecular complexity index is 393. The summed E-state index contributed by atoms with van der Waals surface area (Å²) in [5, 5.41) is 0. The first-order valence-electron chi connectivity index (χ1n) is 9.57. The second-order valence-corrected chi connectivity index (χ2v) is 7.40. The zero-order valence-electron chi connectivity index (χ0n) is 16.1. The van der Waals surface area contributed by atoms with Gasteiger partial charge >= 0.3 is 12.3 Å². The fourth-order valence-electron chi connectivity index (χ4n) is 2.83. The highest BCUT2D eigenvalue weighted by molar-refractivity contribution is 5.60. The standard InChI is InChI=1S/C19H34O6/c1-14(2)9-6-5-7-12-22-18(20)24-16-10-8-11-17(13-16)25-19(21)23-15(3)4/h14-17H,5-13H2,1-4H3. The molecule has 1 rings (SSSR count). The van der Waals surface area contributed by atoms with Crippen molar-refractivity contribution in [1.82, 2.24) is 0 Å². The molecule has 0 saturated heterocycles. The first kappa shape index (κ1) is 21.6. The summed E-state index contributed by atoms with van der Waals surface area (Å²) in [5.41, 5.74) is 0. The van der Waals surface area contributed by atoms with Crippen LogP contribution in [-0.4, -0.2) is 37.2 Å². The molecule has 0 aromatic rings. The minimum Gasteiger partial charge on any atom is -0.434 e. The fraction of sp³-hybridized carbons (Fsp3) is 0.895. The Balaban J connectivity index is 2.16. The van der Waals surface area contributed by atoms with Gasteiger partial charge in [0.05, 0.1) is 12.7 Å². The van der Waals surface area contributed by atoms with Gasteiger partial charge in [0.25, 0.3) is 0 Å². The van der Waals surface area contributed by atoms with Crippen molar-refractivity contribution < 1.29 is 28.5 Å². The molecule has 25 heavy (non-hydrogen) atoms. The molecule has 0 radical (unpaired) electrons. The Labute approximate surface area is 151 Å². The Morgan fingerprint density at radius 3 is 2.16 bits per heavy atom. The van der Waals surface area contributed by atoms with Crippen LogP contribution < -0.4 is 0 Å². The van der Waals surface area contributed by atoms with E-state index in [2.05, 4.69) is 13.8 Å². The van der Waals surface area contributed by atoms with Gasteiger partial charge in [0.1, 0.15) is 12.2 Å². The summed E-state index contributed by atoms with van der Waals surface area (Å²) in [5.74, 6) is 0.713. The van der Waals surface area contributed by atoms with Gasteiger partial charge in [-0.25, -0.2) is 9.59 Å². The molecule has 6 nitrogen and oxygen atoms in total. The Kier molecular flexibility index (Phi) is 10.3. The summed E-state index contributed by atoms with van der Waals surface area (Å²) in [7, 11) is 0. The van der Waals surface area contributed by atoms with Crippen molar-refractivity contribution in [3.8, 4) is 0 Å². The zero-order chi connectivity index (χ0) is 18.7. The Morgan fingerprint density at radius 1 is 0.920 bits per heavy atom. The van der Waals surface area contributed by atoms with Crippen LogP contribution in [0.5, 0.6) is 0 Å². The first-order chi connectivity index (χ1) is 11.9. The lowest BCUT2D eigenvalue weighted by molar-refractivity contribution is -0.0401. The van der Waals surface area contributed by atoms with Crippen LogP contribution >= 0.6 is 0 Å². The molecule has 2 unspecified atom stereocenters. The second kappa shape index (κ2) is 12.0. The highest BCUT2D eigenvalue weighted by Gasteiger charge is 2.28. The number of ether oxygens (including phenoxy) is 4. The lowest BCUT2D eigenvalue weighted by Crippen LogP contribution is -2.32. The number of unbranched alkanes of at least 4 members (excludes halogenated alkanes) is 2. The zero-order valence-corrected chi connectivity index (χ0v) is 16.1. The van der Waals surface area contributed by atoms with E-state index in [4.69, 9.17) is 18.9 Å². The van der Waals surface area contributed by atoms with Gasteiger partial charge in [0, 0.05) is 6.42 Å². The lowest BCUT2D eigenvalue weighted by Gasteiger charge is -2.28. The SMILES string of the molecule is CC(C)CCCCCOC(=O)OC1CCCC(OC(=O)OC(C)C)C1. The highest BCUT2D eigenvalue weighted by Crippen LogP contribution is 2.24. The van der Waals surface area contributed by atoms with Crippen LogP contribution in [0, 0.1) is 5.92 Å². The van der Waals surface area contributed by atoms with Crippen LogP contribution in [0.15, 0.2) is 0 Å². The van der Waals surface area contributed by atoms with Gasteiger partial charge in [-0.3, -0.25) is 0 Å². The molecule has 1 saturated carbocycles. The minimum atomic E-state index is -0.662. The van der Waals surface area contributed by atoms with E-state index < -0.39 is 12.3 Å². The van der Waals surface area contributed by atoms with Crippen molar-refractivity contribution >= 4 is 12.3 Å². The van der Waals surface area contributed by atoms with E-state index in [0.29, 0.717) is 18.9 Å². The molecule has 2 atom stereocenters. The molecular weight excluding hydrogens is 324 g/mol. The van der Waals surface area contributed by atoms with Gasteiger partial charge in [-0.2, -0.15) is 0 Å². The molecule has 6 heteroatoms. The van der Waals surface area contributed by atoms with Crippen LogP contribution in [0.1, 0.15) is 79.1 Å². The molecule has 0 aromatic heterocycles. The van der Waals surface area contributed by atoms with Crippen molar-refractivity contribution in [2.45, 2.75) is 97.4 Å². The van der Waals surface area contributed by atoms with E-state index >= 15 is 0 Å². The smallest absolute Gasteiger partial charge is 0.434 e. The number of hydrogen-bond acceptors (Lipinski definition) is 6. The van der Waals surface area contributed by atoms with Gasteiger partial charge in [-0.15, -0.1) is 0 Å². The fourth-order valence-corrected chi connectivity index (χ4v) is 2.83. The molecule has 0 spiro atoms. The van der Waals surface area contributed by atoms with Gasteiger partial charge in [-0.05, 0) is 45.4 Å². The third-order valence-electron chi connectivity index (χ3n) is 4.08. The summed E-state index contributed by atoms with van der Waals surface area (Å²) in [6.45, 7) is 8.35. The number of rotatable bonds is 9. The quantitative estimate of drug-likeness (QED) is 0.415. The Hall–Kier alpha value is -1.46. The van der Waals surface area contributed by atoms with Gasteiger partial charge < -0.3 is 18.9 Å². The lowest BCUT2D eigenvalue weighted by atomic mass is 9.95. The maximum Gasteiger partial charge on any atom is 0.508 e. The molecule has 0 bridgehead atoms. The van der Waals surface area contributed by atoms with E-state index in [1.54, 1.807) is 13.8 Å². The minimum absolute atomic E-state index is 0.210. The molecule has 1 aliphatic rings. The molecule has 1 aliphatic carbocycles. The maximum absolute atomic E-state index is 11.7. The normalized spacial score (nSPS) is 20.4.